The van der Waals surface area contributed by atoms with Gasteiger partial charge >= 0.3 is 5.97 Å². The topological polar surface area (TPSA) is 46.6 Å². The number of allylic oxidation sites excluding steroid dienone is 1. The van der Waals surface area contributed by atoms with E-state index in [1.807, 2.05) is 13.8 Å². The summed E-state index contributed by atoms with van der Waals surface area (Å²) in [5.74, 6) is -0.502. The predicted molar refractivity (Wildman–Crippen MR) is 95.7 cm³/mol. The zero-order chi connectivity index (χ0) is 18.0. The Bertz CT molecular complexity index is 751. The zero-order valence-corrected chi connectivity index (χ0v) is 15.5. The van der Waals surface area contributed by atoms with E-state index < -0.39 is 5.97 Å². The molecule has 4 nitrogen and oxygen atoms in total. The molecule has 0 atom stereocenters. The van der Waals surface area contributed by atoms with E-state index >= 15 is 0 Å². The van der Waals surface area contributed by atoms with E-state index in [4.69, 9.17) is 27.9 Å². The van der Waals surface area contributed by atoms with Crippen LogP contribution in [0.4, 0.5) is 0 Å². The molecule has 0 aliphatic carbocycles. The second-order valence-corrected chi connectivity index (χ2v) is 6.83. The normalized spacial score (nSPS) is 16.5. The molecule has 1 aromatic rings. The van der Waals surface area contributed by atoms with Crippen LogP contribution in [0.25, 0.3) is 6.08 Å². The van der Waals surface area contributed by atoms with Gasteiger partial charge in [0.1, 0.15) is 0 Å². The SMILES string of the molecule is COC(=O)C1=C(C)N(CC(C)C)C(=O)C1=Cc1ccc(Cl)cc1Cl. The molecule has 0 spiro atoms. The molecule has 0 radical (unpaired) electrons. The first kappa shape index (κ1) is 18.6. The van der Waals surface area contributed by atoms with Gasteiger partial charge in [0.15, 0.2) is 0 Å². The highest BCUT2D eigenvalue weighted by Crippen LogP contribution is 2.33. The van der Waals surface area contributed by atoms with Crippen LogP contribution in [0.5, 0.6) is 0 Å². The van der Waals surface area contributed by atoms with Gasteiger partial charge in [-0.25, -0.2) is 4.79 Å². The van der Waals surface area contributed by atoms with Crippen molar-refractivity contribution in [3.8, 4) is 0 Å². The van der Waals surface area contributed by atoms with Gasteiger partial charge < -0.3 is 9.64 Å². The zero-order valence-electron chi connectivity index (χ0n) is 14.0. The molecule has 1 aliphatic rings. The third-order valence-electron chi connectivity index (χ3n) is 3.71. The van der Waals surface area contributed by atoms with Crippen molar-refractivity contribution in [1.82, 2.24) is 4.90 Å². The summed E-state index contributed by atoms with van der Waals surface area (Å²) in [5, 5.41) is 0.910. The van der Waals surface area contributed by atoms with Crippen molar-refractivity contribution in [2.45, 2.75) is 20.8 Å². The van der Waals surface area contributed by atoms with Gasteiger partial charge in [-0.1, -0.05) is 43.1 Å². The number of carbonyl (C=O) groups is 2. The second kappa shape index (κ2) is 7.41. The Kier molecular flexibility index (Phi) is 5.73. The summed E-state index contributed by atoms with van der Waals surface area (Å²) in [7, 11) is 1.30. The maximum Gasteiger partial charge on any atom is 0.340 e. The lowest BCUT2D eigenvalue weighted by Gasteiger charge is -2.19. The largest absolute Gasteiger partial charge is 0.465 e. The number of hydrogen-bond donors (Lipinski definition) is 0. The lowest BCUT2D eigenvalue weighted by Crippen LogP contribution is -2.28. The minimum Gasteiger partial charge on any atom is -0.465 e. The fraction of sp³-hybridized carbons (Fsp3) is 0.333. The van der Waals surface area contributed by atoms with Crippen LogP contribution in [-0.4, -0.2) is 30.4 Å². The van der Waals surface area contributed by atoms with Crippen molar-refractivity contribution in [2.24, 2.45) is 5.92 Å². The summed E-state index contributed by atoms with van der Waals surface area (Å²) in [6, 6.07) is 4.98. The van der Waals surface area contributed by atoms with Gasteiger partial charge in [-0.2, -0.15) is 0 Å². The lowest BCUT2D eigenvalue weighted by atomic mass is 10.0. The predicted octanol–water partition coefficient (Wildman–Crippen LogP) is 4.32. The van der Waals surface area contributed by atoms with Crippen LogP contribution in [0.1, 0.15) is 26.3 Å². The molecule has 0 saturated heterocycles. The van der Waals surface area contributed by atoms with Crippen LogP contribution in [0.15, 0.2) is 35.0 Å². The Morgan fingerprint density at radius 2 is 2.00 bits per heavy atom. The fourth-order valence-corrected chi connectivity index (χ4v) is 3.05. The maximum atomic E-state index is 12.8. The van der Waals surface area contributed by atoms with E-state index in [1.54, 1.807) is 36.1 Å². The van der Waals surface area contributed by atoms with Crippen LogP contribution in [0, 0.1) is 5.92 Å². The fourth-order valence-electron chi connectivity index (χ4n) is 2.59. The molecule has 6 heteroatoms. The van der Waals surface area contributed by atoms with Crippen molar-refractivity contribution in [1.29, 1.82) is 0 Å². The van der Waals surface area contributed by atoms with Crippen molar-refractivity contribution < 1.29 is 14.3 Å². The van der Waals surface area contributed by atoms with E-state index in [1.165, 1.54) is 7.11 Å². The molecule has 0 N–H and O–H groups in total. The van der Waals surface area contributed by atoms with E-state index in [-0.39, 0.29) is 23.0 Å². The third-order valence-corrected chi connectivity index (χ3v) is 4.27. The number of rotatable bonds is 4. The van der Waals surface area contributed by atoms with Crippen LogP contribution in [0.3, 0.4) is 0 Å². The van der Waals surface area contributed by atoms with Crippen LogP contribution >= 0.6 is 23.2 Å². The van der Waals surface area contributed by atoms with Crippen molar-refractivity contribution in [2.75, 3.05) is 13.7 Å². The lowest BCUT2D eigenvalue weighted by molar-refractivity contribution is -0.136. The summed E-state index contributed by atoms with van der Waals surface area (Å²) in [4.78, 5) is 26.6. The average Bonchev–Trinajstić information content (AvgIpc) is 2.73. The quantitative estimate of drug-likeness (QED) is 0.587. The highest BCUT2D eigenvalue weighted by Gasteiger charge is 2.37. The highest BCUT2D eigenvalue weighted by molar-refractivity contribution is 6.35. The van der Waals surface area contributed by atoms with Gasteiger partial charge in [-0.3, -0.25) is 4.79 Å². The number of benzene rings is 1. The van der Waals surface area contributed by atoms with E-state index in [9.17, 15) is 9.59 Å². The summed E-state index contributed by atoms with van der Waals surface area (Å²) in [6.45, 7) is 6.29. The molecular formula is C18H19Cl2NO3. The Balaban J connectivity index is 2.55. The number of amides is 1. The summed E-state index contributed by atoms with van der Waals surface area (Å²) < 4.78 is 4.85. The van der Waals surface area contributed by atoms with Gasteiger partial charge in [0.25, 0.3) is 5.91 Å². The van der Waals surface area contributed by atoms with Gasteiger partial charge in [-0.05, 0) is 36.6 Å². The smallest absolute Gasteiger partial charge is 0.340 e. The van der Waals surface area contributed by atoms with Crippen molar-refractivity contribution >= 4 is 41.2 Å². The van der Waals surface area contributed by atoms with Crippen LogP contribution < -0.4 is 0 Å². The first-order valence-electron chi connectivity index (χ1n) is 7.54. The number of nitrogens with zero attached hydrogens (tertiary/aromatic N) is 1. The maximum absolute atomic E-state index is 12.8. The summed E-state index contributed by atoms with van der Waals surface area (Å²) in [6.07, 6.45) is 1.61. The minimum absolute atomic E-state index is 0.229. The monoisotopic (exact) mass is 367 g/mol. The van der Waals surface area contributed by atoms with Gasteiger partial charge in [0.05, 0.1) is 18.3 Å². The molecule has 1 aliphatic heterocycles. The molecule has 128 valence electrons. The second-order valence-electron chi connectivity index (χ2n) is 5.99. The van der Waals surface area contributed by atoms with Gasteiger partial charge in [-0.15, -0.1) is 0 Å². The standard InChI is InChI=1S/C18H19Cl2NO3/c1-10(2)9-21-11(3)16(18(23)24-4)14(17(21)22)7-12-5-6-13(19)8-15(12)20/h5-8,10H,9H2,1-4H3. The van der Waals surface area contributed by atoms with E-state index in [2.05, 4.69) is 0 Å². The van der Waals surface area contributed by atoms with Crippen LogP contribution in [0.2, 0.25) is 10.0 Å². The molecular weight excluding hydrogens is 349 g/mol. The Morgan fingerprint density at radius 3 is 2.54 bits per heavy atom. The molecule has 1 aromatic carbocycles. The minimum atomic E-state index is -0.538. The van der Waals surface area contributed by atoms with E-state index in [0.717, 1.165) is 0 Å². The number of ether oxygens (including phenoxy) is 1. The first-order chi connectivity index (χ1) is 11.3. The molecule has 0 unspecified atom stereocenters. The molecule has 0 aromatic heterocycles. The first-order valence-corrected chi connectivity index (χ1v) is 8.30. The van der Waals surface area contributed by atoms with Gasteiger partial charge in [0, 0.05) is 22.3 Å². The Labute approximate surface area is 151 Å². The number of carbonyl (C=O) groups excluding carboxylic acids is 2. The molecule has 0 fully saturated rings. The Hall–Kier alpha value is -1.78. The molecule has 2 rings (SSSR count). The van der Waals surface area contributed by atoms with Gasteiger partial charge in [0.2, 0.25) is 0 Å². The number of halogens is 2. The third kappa shape index (κ3) is 3.65. The number of methoxy groups -OCH3 is 1. The summed E-state index contributed by atoms with van der Waals surface area (Å²) >= 11 is 12.1. The summed E-state index contributed by atoms with van der Waals surface area (Å²) in [5.41, 5.74) is 1.76. The molecule has 24 heavy (non-hydrogen) atoms. The van der Waals surface area contributed by atoms with Crippen molar-refractivity contribution in [3.63, 3.8) is 0 Å². The van der Waals surface area contributed by atoms with Crippen molar-refractivity contribution in [3.05, 3.63) is 50.7 Å². The van der Waals surface area contributed by atoms with E-state index in [0.29, 0.717) is 27.9 Å². The average molecular weight is 368 g/mol. The number of esters is 1. The molecule has 0 saturated carbocycles. The van der Waals surface area contributed by atoms with Crippen LogP contribution in [-0.2, 0) is 14.3 Å². The highest BCUT2D eigenvalue weighted by atomic mass is 35.5. The number of hydrogen-bond acceptors (Lipinski definition) is 3. The Morgan fingerprint density at radius 1 is 1.33 bits per heavy atom. The molecule has 1 heterocycles. The molecule has 1 amide bonds. The molecule has 0 bridgehead atoms.